The van der Waals surface area contributed by atoms with E-state index in [0.29, 0.717) is 30.3 Å². The van der Waals surface area contributed by atoms with Gasteiger partial charge in [-0.1, -0.05) is 0 Å². The lowest BCUT2D eigenvalue weighted by molar-refractivity contribution is -0.0729. The lowest BCUT2D eigenvalue weighted by Gasteiger charge is -2.42. The Morgan fingerprint density at radius 1 is 1.52 bits per heavy atom. The minimum atomic E-state index is -0.385. The predicted molar refractivity (Wildman–Crippen MR) is 74.6 cm³/mol. The van der Waals surface area contributed by atoms with E-state index in [4.69, 9.17) is 14.7 Å². The number of benzene rings is 1. The maximum absolute atomic E-state index is 14.3. The van der Waals surface area contributed by atoms with Gasteiger partial charge in [0, 0.05) is 43.9 Å². The molecule has 21 heavy (non-hydrogen) atoms. The van der Waals surface area contributed by atoms with Crippen LogP contribution < -0.4 is 10.1 Å². The normalized spacial score (nSPS) is 26.0. The molecule has 0 bridgehead atoms. The maximum atomic E-state index is 14.3. The highest BCUT2D eigenvalue weighted by molar-refractivity contribution is 5.46. The Bertz CT molecular complexity index is 573. The molecule has 0 unspecified atom stereocenters. The number of hydrogen-bond acceptors (Lipinski definition) is 5. The lowest BCUT2D eigenvalue weighted by atomic mass is 10.0. The van der Waals surface area contributed by atoms with Crippen LogP contribution in [0.2, 0.25) is 0 Å². The number of nitrogens with zero attached hydrogens (tertiary/aromatic N) is 2. The third-order valence-electron chi connectivity index (χ3n) is 4.15. The first-order chi connectivity index (χ1) is 10.2. The van der Waals surface area contributed by atoms with Gasteiger partial charge < -0.3 is 14.8 Å². The molecule has 6 heteroatoms. The van der Waals surface area contributed by atoms with E-state index < -0.39 is 0 Å². The second-order valence-corrected chi connectivity index (χ2v) is 5.36. The number of nitrogens with one attached hydrogen (secondary N) is 1. The first-order valence-corrected chi connectivity index (χ1v) is 7.07. The summed E-state index contributed by atoms with van der Waals surface area (Å²) in [5.74, 6) is -0.126. The number of piperazine rings is 1. The van der Waals surface area contributed by atoms with Crippen molar-refractivity contribution < 1.29 is 13.9 Å². The molecule has 112 valence electrons. The number of hydrogen-bond donors (Lipinski definition) is 1. The lowest BCUT2D eigenvalue weighted by Crippen LogP contribution is -2.57. The number of halogens is 1. The monoisotopic (exact) mass is 291 g/mol. The predicted octanol–water partition coefficient (Wildman–Crippen LogP) is 1.05. The average Bonchev–Trinajstić information content (AvgIpc) is 2.54. The van der Waals surface area contributed by atoms with Crippen molar-refractivity contribution in [2.24, 2.45) is 0 Å². The van der Waals surface area contributed by atoms with Crippen LogP contribution in [0.5, 0.6) is 5.75 Å². The summed E-state index contributed by atoms with van der Waals surface area (Å²) in [6.07, 6.45) is -0.336. The molecule has 5 nitrogen and oxygen atoms in total. The summed E-state index contributed by atoms with van der Waals surface area (Å²) >= 11 is 0. The summed E-state index contributed by atoms with van der Waals surface area (Å²) in [6.45, 7) is 4.01. The van der Waals surface area contributed by atoms with Crippen molar-refractivity contribution in [3.05, 3.63) is 29.1 Å². The third kappa shape index (κ3) is 2.72. The minimum absolute atomic E-state index is 0.259. The van der Waals surface area contributed by atoms with Gasteiger partial charge in [0.1, 0.15) is 17.6 Å². The summed E-state index contributed by atoms with van der Waals surface area (Å²) in [7, 11) is 1.43. The second kappa shape index (κ2) is 5.98. The second-order valence-electron chi connectivity index (χ2n) is 5.36. The van der Waals surface area contributed by atoms with Crippen molar-refractivity contribution in [1.82, 2.24) is 10.2 Å². The van der Waals surface area contributed by atoms with Gasteiger partial charge in [-0.05, 0) is 6.07 Å². The van der Waals surface area contributed by atoms with Gasteiger partial charge in [-0.3, -0.25) is 4.90 Å². The molecule has 2 aliphatic rings. The Balaban J connectivity index is 1.85. The van der Waals surface area contributed by atoms with Crippen molar-refractivity contribution >= 4 is 0 Å². The topological polar surface area (TPSA) is 57.5 Å². The van der Waals surface area contributed by atoms with Gasteiger partial charge in [-0.2, -0.15) is 5.26 Å². The minimum Gasteiger partial charge on any atom is -0.495 e. The Morgan fingerprint density at radius 3 is 3.14 bits per heavy atom. The first kappa shape index (κ1) is 14.3. The molecule has 0 spiro atoms. The molecule has 0 aliphatic carbocycles. The van der Waals surface area contributed by atoms with Crippen LogP contribution in [-0.4, -0.2) is 50.8 Å². The molecule has 0 aromatic heterocycles. The number of nitriles is 1. The van der Waals surface area contributed by atoms with E-state index in [0.717, 1.165) is 19.6 Å². The zero-order chi connectivity index (χ0) is 14.8. The fourth-order valence-corrected chi connectivity index (χ4v) is 2.96. The fourth-order valence-electron chi connectivity index (χ4n) is 2.96. The molecular formula is C15H18FN3O2. The Labute approximate surface area is 123 Å². The largest absolute Gasteiger partial charge is 0.495 e. The van der Waals surface area contributed by atoms with Crippen LogP contribution in [0.4, 0.5) is 4.39 Å². The van der Waals surface area contributed by atoms with Gasteiger partial charge in [0.15, 0.2) is 0 Å². The van der Waals surface area contributed by atoms with Crippen LogP contribution in [0.1, 0.15) is 17.2 Å². The Kier molecular flexibility index (Phi) is 4.06. The van der Waals surface area contributed by atoms with Gasteiger partial charge in [-0.15, -0.1) is 0 Å². The number of morpholine rings is 1. The standard InChI is InChI=1S/C15H18FN3O2/c1-20-14-5-13(16)12(4-10(14)6-17)15-8-19-3-2-18-7-11(19)9-21-15/h4-5,11,15,18H,2-3,7-9H2,1H3/t11-,15-/m1/s1. The highest BCUT2D eigenvalue weighted by Gasteiger charge is 2.32. The molecule has 0 radical (unpaired) electrons. The zero-order valence-corrected chi connectivity index (χ0v) is 11.9. The van der Waals surface area contributed by atoms with Crippen LogP contribution in [0.25, 0.3) is 0 Å². The van der Waals surface area contributed by atoms with E-state index >= 15 is 0 Å². The molecule has 1 N–H and O–H groups in total. The van der Waals surface area contributed by atoms with Crippen molar-refractivity contribution in [2.45, 2.75) is 12.1 Å². The molecule has 2 saturated heterocycles. The summed E-state index contributed by atoms with van der Waals surface area (Å²) in [4.78, 5) is 2.32. The van der Waals surface area contributed by atoms with E-state index in [1.54, 1.807) is 6.07 Å². The van der Waals surface area contributed by atoms with E-state index in [2.05, 4.69) is 10.2 Å². The summed E-state index contributed by atoms with van der Waals surface area (Å²) in [5.41, 5.74) is 0.768. The van der Waals surface area contributed by atoms with Crippen LogP contribution in [-0.2, 0) is 4.74 Å². The smallest absolute Gasteiger partial charge is 0.139 e. The van der Waals surface area contributed by atoms with Gasteiger partial charge in [0.05, 0.1) is 25.4 Å². The fraction of sp³-hybridized carbons (Fsp3) is 0.533. The number of rotatable bonds is 2. The molecule has 2 atom stereocenters. The summed E-state index contributed by atoms with van der Waals surface area (Å²) < 4.78 is 25.1. The average molecular weight is 291 g/mol. The molecule has 0 saturated carbocycles. The van der Waals surface area contributed by atoms with E-state index in [1.807, 2.05) is 6.07 Å². The maximum Gasteiger partial charge on any atom is 0.139 e. The molecular weight excluding hydrogens is 273 g/mol. The SMILES string of the molecule is COc1cc(F)c([C@H]2CN3CCNC[C@@H]3CO2)cc1C#N. The number of fused-ring (bicyclic) bond motifs is 1. The highest BCUT2D eigenvalue weighted by atomic mass is 19.1. The van der Waals surface area contributed by atoms with Gasteiger partial charge >= 0.3 is 0 Å². The quantitative estimate of drug-likeness (QED) is 0.882. The first-order valence-electron chi connectivity index (χ1n) is 7.07. The molecule has 2 aliphatic heterocycles. The molecule has 2 heterocycles. The van der Waals surface area contributed by atoms with Crippen molar-refractivity contribution in [1.29, 1.82) is 5.26 Å². The van der Waals surface area contributed by atoms with E-state index in [9.17, 15) is 4.39 Å². The highest BCUT2D eigenvalue weighted by Crippen LogP contribution is 2.31. The van der Waals surface area contributed by atoms with E-state index in [-0.39, 0.29) is 17.7 Å². The van der Waals surface area contributed by atoms with Crippen LogP contribution in [0.15, 0.2) is 12.1 Å². The molecule has 1 aromatic rings. The van der Waals surface area contributed by atoms with Gasteiger partial charge in [-0.25, -0.2) is 4.39 Å². The zero-order valence-electron chi connectivity index (χ0n) is 11.9. The molecule has 2 fully saturated rings. The molecule has 3 rings (SSSR count). The van der Waals surface area contributed by atoms with Crippen LogP contribution in [0, 0.1) is 17.1 Å². The van der Waals surface area contributed by atoms with Gasteiger partial charge in [0.2, 0.25) is 0 Å². The molecule has 1 aromatic carbocycles. The number of methoxy groups -OCH3 is 1. The summed E-state index contributed by atoms with van der Waals surface area (Å²) in [6, 6.07) is 5.20. The van der Waals surface area contributed by atoms with Gasteiger partial charge in [0.25, 0.3) is 0 Å². The Morgan fingerprint density at radius 2 is 2.38 bits per heavy atom. The van der Waals surface area contributed by atoms with E-state index in [1.165, 1.54) is 13.2 Å². The summed E-state index contributed by atoms with van der Waals surface area (Å²) in [5, 5.41) is 12.5. The third-order valence-corrected chi connectivity index (χ3v) is 4.15. The van der Waals surface area contributed by atoms with Crippen LogP contribution in [0.3, 0.4) is 0 Å². The van der Waals surface area contributed by atoms with Crippen molar-refractivity contribution in [3.8, 4) is 11.8 Å². The van der Waals surface area contributed by atoms with Crippen LogP contribution >= 0.6 is 0 Å². The van der Waals surface area contributed by atoms with Crippen molar-refractivity contribution in [2.75, 3.05) is 39.9 Å². The van der Waals surface area contributed by atoms with Crippen molar-refractivity contribution in [3.63, 3.8) is 0 Å². The Hall–Kier alpha value is -1.68. The number of ether oxygens (including phenoxy) is 2. The molecule has 0 amide bonds.